The van der Waals surface area contributed by atoms with Gasteiger partial charge in [-0.3, -0.25) is 9.59 Å². The maximum absolute atomic E-state index is 14.2. The molecule has 3 aliphatic heterocycles. The van der Waals surface area contributed by atoms with Crippen LogP contribution in [0.2, 0.25) is 0 Å². The molecule has 2 atom stereocenters. The van der Waals surface area contributed by atoms with Gasteiger partial charge >= 0.3 is 0 Å². The number of anilines is 1. The molecule has 3 fully saturated rings. The zero-order valence-corrected chi connectivity index (χ0v) is 23.5. The minimum Gasteiger partial charge on any atom is -0.434 e. The Morgan fingerprint density at radius 2 is 1.95 bits per heavy atom. The first-order valence-corrected chi connectivity index (χ1v) is 14.1. The van der Waals surface area contributed by atoms with Crippen LogP contribution in [0.15, 0.2) is 24.5 Å². The quantitative estimate of drug-likeness (QED) is 0.511. The van der Waals surface area contributed by atoms with E-state index in [0.717, 1.165) is 18.9 Å². The maximum Gasteiger partial charge on any atom is 0.282 e. The van der Waals surface area contributed by atoms with E-state index in [9.17, 15) is 22.8 Å². The number of carbonyl (C=O) groups is 2. The first-order valence-electron chi connectivity index (χ1n) is 14.1. The maximum atomic E-state index is 14.2. The SMILES string of the molecule is CCN(C(=O)c1cc(F)ccc1Oc1nncnc1N1CC2(CCN(C(=O)[C@H]3NCC[C@@H]3C(F)F)CC2)C1)C(C)C. The van der Waals surface area contributed by atoms with E-state index < -0.39 is 24.2 Å². The number of piperidine rings is 1. The normalized spacial score (nSPS) is 21.9. The molecule has 1 spiro atoms. The zero-order chi connectivity index (χ0) is 29.3. The molecule has 3 saturated heterocycles. The van der Waals surface area contributed by atoms with Crippen molar-refractivity contribution in [2.45, 2.75) is 58.5 Å². The van der Waals surface area contributed by atoms with Gasteiger partial charge in [0, 0.05) is 50.1 Å². The van der Waals surface area contributed by atoms with Gasteiger partial charge < -0.3 is 24.8 Å². The van der Waals surface area contributed by atoms with Crippen molar-refractivity contribution in [2.24, 2.45) is 11.3 Å². The predicted octanol–water partition coefficient (Wildman–Crippen LogP) is 3.35. The Labute approximate surface area is 237 Å². The third kappa shape index (κ3) is 5.81. The molecule has 2 amide bonds. The van der Waals surface area contributed by atoms with E-state index in [2.05, 4.69) is 20.5 Å². The van der Waals surface area contributed by atoms with Gasteiger partial charge in [-0.2, -0.15) is 0 Å². The molecular weight excluding hydrogens is 539 g/mol. The first kappa shape index (κ1) is 29.0. The Bertz CT molecular complexity index is 1260. The average Bonchev–Trinajstić information content (AvgIpc) is 3.43. The second-order valence-electron chi connectivity index (χ2n) is 11.4. The molecule has 1 aromatic carbocycles. The summed E-state index contributed by atoms with van der Waals surface area (Å²) < 4.78 is 46.9. The van der Waals surface area contributed by atoms with Crippen LogP contribution in [0.1, 0.15) is 50.4 Å². The number of ether oxygens (including phenoxy) is 1. The zero-order valence-electron chi connectivity index (χ0n) is 23.5. The second-order valence-corrected chi connectivity index (χ2v) is 11.4. The van der Waals surface area contributed by atoms with Crippen molar-refractivity contribution in [3.8, 4) is 11.6 Å². The van der Waals surface area contributed by atoms with Crippen molar-refractivity contribution in [1.29, 1.82) is 0 Å². The summed E-state index contributed by atoms with van der Waals surface area (Å²) in [5.74, 6) is -1.37. The van der Waals surface area contributed by atoms with Crippen LogP contribution in [0.3, 0.4) is 0 Å². The summed E-state index contributed by atoms with van der Waals surface area (Å²) in [5.41, 5.74) is 0.0419. The third-order valence-electron chi connectivity index (χ3n) is 8.52. The molecule has 0 bridgehead atoms. The Hall–Kier alpha value is -3.48. The summed E-state index contributed by atoms with van der Waals surface area (Å²) in [5, 5.41) is 10.9. The molecule has 0 aliphatic carbocycles. The third-order valence-corrected chi connectivity index (χ3v) is 8.52. The van der Waals surface area contributed by atoms with E-state index in [1.807, 2.05) is 25.7 Å². The number of aromatic nitrogens is 3. The molecule has 3 aliphatic rings. The summed E-state index contributed by atoms with van der Waals surface area (Å²) in [6.45, 7) is 8.83. The van der Waals surface area contributed by atoms with Crippen molar-refractivity contribution < 1.29 is 27.5 Å². The number of alkyl halides is 2. The van der Waals surface area contributed by atoms with E-state index in [-0.39, 0.29) is 40.5 Å². The molecule has 222 valence electrons. The Kier molecular flexibility index (Phi) is 8.35. The molecule has 1 N–H and O–H groups in total. The minimum absolute atomic E-state index is 0.0416. The molecule has 13 heteroatoms. The monoisotopic (exact) mass is 575 g/mol. The molecule has 0 saturated carbocycles. The van der Waals surface area contributed by atoms with Crippen LogP contribution in [-0.4, -0.2) is 94.6 Å². The number of hydrogen-bond donors (Lipinski definition) is 1. The number of rotatable bonds is 8. The highest BCUT2D eigenvalue weighted by atomic mass is 19.3. The van der Waals surface area contributed by atoms with E-state index in [1.165, 1.54) is 18.5 Å². The van der Waals surface area contributed by atoms with Gasteiger partial charge in [0.2, 0.25) is 12.3 Å². The van der Waals surface area contributed by atoms with E-state index in [0.29, 0.717) is 51.5 Å². The van der Waals surface area contributed by atoms with Crippen molar-refractivity contribution in [3.63, 3.8) is 0 Å². The number of amides is 2. The highest BCUT2D eigenvalue weighted by molar-refractivity contribution is 5.97. The van der Waals surface area contributed by atoms with Crippen LogP contribution < -0.4 is 15.0 Å². The second kappa shape index (κ2) is 11.8. The molecule has 0 radical (unpaired) electrons. The lowest BCUT2D eigenvalue weighted by Gasteiger charge is -2.54. The smallest absolute Gasteiger partial charge is 0.282 e. The van der Waals surface area contributed by atoms with E-state index in [4.69, 9.17) is 4.74 Å². The number of nitrogens with zero attached hydrogens (tertiary/aromatic N) is 6. The molecule has 10 nitrogen and oxygen atoms in total. The fourth-order valence-corrected chi connectivity index (χ4v) is 6.20. The highest BCUT2D eigenvalue weighted by Gasteiger charge is 2.48. The van der Waals surface area contributed by atoms with E-state index >= 15 is 0 Å². The van der Waals surface area contributed by atoms with Gasteiger partial charge in [-0.1, -0.05) is 0 Å². The van der Waals surface area contributed by atoms with Crippen molar-refractivity contribution in [2.75, 3.05) is 44.2 Å². The molecule has 4 heterocycles. The minimum atomic E-state index is -2.52. The summed E-state index contributed by atoms with van der Waals surface area (Å²) in [4.78, 5) is 35.9. The van der Waals surface area contributed by atoms with Crippen LogP contribution in [0.5, 0.6) is 11.6 Å². The average molecular weight is 576 g/mol. The van der Waals surface area contributed by atoms with Gasteiger partial charge in [-0.15, -0.1) is 10.2 Å². The van der Waals surface area contributed by atoms with Gasteiger partial charge in [0.25, 0.3) is 11.8 Å². The van der Waals surface area contributed by atoms with Crippen LogP contribution in [0.4, 0.5) is 19.0 Å². The Morgan fingerprint density at radius 3 is 2.61 bits per heavy atom. The van der Waals surface area contributed by atoms with Gasteiger partial charge in [-0.25, -0.2) is 18.2 Å². The number of halogens is 3. The van der Waals surface area contributed by atoms with Crippen molar-refractivity contribution >= 4 is 17.6 Å². The molecule has 2 aromatic rings. The topological polar surface area (TPSA) is 104 Å². The molecule has 1 aromatic heterocycles. The Balaban J connectivity index is 1.25. The summed E-state index contributed by atoms with van der Waals surface area (Å²) in [6, 6.07) is 2.87. The summed E-state index contributed by atoms with van der Waals surface area (Å²) in [7, 11) is 0. The number of benzene rings is 1. The van der Waals surface area contributed by atoms with Crippen LogP contribution in [0, 0.1) is 17.2 Å². The number of hydrogen-bond acceptors (Lipinski definition) is 8. The molecule has 0 unspecified atom stereocenters. The lowest BCUT2D eigenvalue weighted by molar-refractivity contribution is -0.138. The molecule has 41 heavy (non-hydrogen) atoms. The summed E-state index contributed by atoms with van der Waals surface area (Å²) in [6.07, 6.45) is 0.596. The van der Waals surface area contributed by atoms with Gasteiger partial charge in [0.15, 0.2) is 5.82 Å². The van der Waals surface area contributed by atoms with Gasteiger partial charge in [0.1, 0.15) is 17.9 Å². The number of likely N-dealkylation sites (tertiary alicyclic amines) is 1. The number of carbonyl (C=O) groups excluding carboxylic acids is 2. The van der Waals surface area contributed by atoms with Crippen molar-refractivity contribution in [3.05, 3.63) is 35.9 Å². The van der Waals surface area contributed by atoms with E-state index in [1.54, 1.807) is 9.80 Å². The lowest BCUT2D eigenvalue weighted by atomic mass is 9.72. The fourth-order valence-electron chi connectivity index (χ4n) is 6.20. The number of nitrogens with one attached hydrogen (secondary N) is 1. The molecule has 5 rings (SSSR count). The highest BCUT2D eigenvalue weighted by Crippen LogP contribution is 2.44. The van der Waals surface area contributed by atoms with Crippen LogP contribution in [0.25, 0.3) is 0 Å². The lowest BCUT2D eigenvalue weighted by Crippen LogP contribution is -2.62. The molecular formula is C28H36F3N7O3. The Morgan fingerprint density at radius 1 is 1.22 bits per heavy atom. The van der Waals surface area contributed by atoms with Gasteiger partial charge in [-0.05, 0) is 64.8 Å². The first-order chi connectivity index (χ1) is 19.6. The van der Waals surface area contributed by atoms with Gasteiger partial charge in [0.05, 0.1) is 11.6 Å². The fraction of sp³-hybridized carbons (Fsp3) is 0.607. The predicted molar refractivity (Wildman–Crippen MR) is 145 cm³/mol. The van der Waals surface area contributed by atoms with Crippen molar-refractivity contribution in [1.82, 2.24) is 30.3 Å². The standard InChI is InChI=1S/C28H36F3N7O3/c1-4-38(17(2)3)26(39)20-13-18(29)5-6-21(20)41-25-24(33-16-34-35-25)37-14-28(15-37)8-11-36(12-9-28)27(40)22-19(23(30)31)7-10-32-22/h5-6,13,16-17,19,22-23,32H,4,7-12,14-15H2,1-3H3/t19-,22-/m0/s1. The largest absolute Gasteiger partial charge is 0.434 e. The van der Waals surface area contributed by atoms with Crippen LogP contribution in [-0.2, 0) is 4.79 Å². The summed E-state index contributed by atoms with van der Waals surface area (Å²) >= 11 is 0. The van der Waals surface area contributed by atoms with Crippen LogP contribution >= 0.6 is 0 Å².